The van der Waals surface area contributed by atoms with Crippen LogP contribution in [-0.4, -0.2) is 75.3 Å². The van der Waals surface area contributed by atoms with Gasteiger partial charge in [0.25, 0.3) is 5.91 Å². The summed E-state index contributed by atoms with van der Waals surface area (Å²) in [5, 5.41) is 27.9. The van der Waals surface area contributed by atoms with Crippen LogP contribution in [0.4, 0.5) is 20.3 Å². The van der Waals surface area contributed by atoms with Crippen molar-refractivity contribution in [2.75, 3.05) is 32.1 Å². The third kappa shape index (κ3) is 7.77. The summed E-state index contributed by atoms with van der Waals surface area (Å²) in [5.74, 6) is -2.88. The molecule has 15 heteroatoms. The van der Waals surface area contributed by atoms with Crippen LogP contribution >= 0.6 is 12.4 Å². The third-order valence-corrected chi connectivity index (χ3v) is 6.69. The Morgan fingerprint density at radius 1 is 1.07 bits per heavy atom. The Balaban J connectivity index is 0.00000529. The van der Waals surface area contributed by atoms with Gasteiger partial charge in [0.1, 0.15) is 0 Å². The molecule has 2 heterocycles. The molecule has 4 rings (SSSR count). The lowest BCUT2D eigenvalue weighted by atomic mass is 10.0. The molecule has 0 spiro atoms. The summed E-state index contributed by atoms with van der Waals surface area (Å²) in [6.45, 7) is 1.63. The van der Waals surface area contributed by atoms with Gasteiger partial charge in [0, 0.05) is 48.8 Å². The molecular formula is C29H34ClF2N7O5. The number of anilines is 2. The summed E-state index contributed by atoms with van der Waals surface area (Å²) < 4.78 is 35.6. The molecule has 236 valence electrons. The fourth-order valence-electron chi connectivity index (χ4n) is 4.40. The van der Waals surface area contributed by atoms with E-state index in [1.54, 1.807) is 28.8 Å². The molecule has 2 atom stereocenters. The number of fused-ring (bicyclic) bond motifs is 1. The predicted molar refractivity (Wildman–Crippen MR) is 162 cm³/mol. The first kappa shape index (κ1) is 34.1. The Bertz CT molecular complexity index is 1620. The molecule has 4 aromatic rings. The zero-order valence-corrected chi connectivity index (χ0v) is 24.8. The monoisotopic (exact) mass is 633 g/mol. The van der Waals surface area contributed by atoms with Crippen molar-refractivity contribution in [2.24, 2.45) is 5.73 Å². The van der Waals surface area contributed by atoms with Crippen LogP contribution in [0.1, 0.15) is 29.3 Å². The number of benzene rings is 2. The zero-order chi connectivity index (χ0) is 31.1. The van der Waals surface area contributed by atoms with Gasteiger partial charge in [-0.25, -0.2) is 14.4 Å². The van der Waals surface area contributed by atoms with Crippen molar-refractivity contribution in [1.82, 2.24) is 25.0 Å². The highest BCUT2D eigenvalue weighted by molar-refractivity contribution is 5.96. The van der Waals surface area contributed by atoms with E-state index in [4.69, 9.17) is 10.5 Å². The van der Waals surface area contributed by atoms with Crippen LogP contribution in [0, 0.1) is 11.6 Å². The lowest BCUT2D eigenvalue weighted by Gasteiger charge is -2.16. The van der Waals surface area contributed by atoms with Crippen molar-refractivity contribution in [3.05, 3.63) is 71.7 Å². The van der Waals surface area contributed by atoms with Crippen molar-refractivity contribution in [1.29, 1.82) is 0 Å². The number of nitrogens with two attached hydrogens (primary N) is 1. The molecule has 0 radical (unpaired) electrons. The summed E-state index contributed by atoms with van der Waals surface area (Å²) in [7, 11) is 1.26. The normalized spacial score (nSPS) is 12.2. The van der Waals surface area contributed by atoms with Gasteiger partial charge in [0.2, 0.25) is 11.7 Å². The van der Waals surface area contributed by atoms with E-state index in [-0.39, 0.29) is 49.8 Å². The largest absolute Gasteiger partial charge is 0.494 e. The highest BCUT2D eigenvalue weighted by Gasteiger charge is 2.20. The average Bonchev–Trinajstić information content (AvgIpc) is 3.44. The number of aliphatic hydroxyl groups excluding tert-OH is 2. The van der Waals surface area contributed by atoms with Crippen molar-refractivity contribution in [3.63, 3.8) is 0 Å². The number of aliphatic hydroxyl groups is 2. The fraction of sp³-hybridized carbons (Fsp3) is 0.310. The maximum atomic E-state index is 14.8. The summed E-state index contributed by atoms with van der Waals surface area (Å²) in [6.07, 6.45) is 2.84. The molecule has 2 aromatic carbocycles. The van der Waals surface area contributed by atoms with Crippen LogP contribution in [0.3, 0.4) is 0 Å². The lowest BCUT2D eigenvalue weighted by Crippen LogP contribution is -2.41. The van der Waals surface area contributed by atoms with Crippen LogP contribution in [0.5, 0.6) is 5.75 Å². The van der Waals surface area contributed by atoms with Gasteiger partial charge in [0.05, 0.1) is 37.6 Å². The predicted octanol–water partition coefficient (Wildman–Crippen LogP) is 2.33. The van der Waals surface area contributed by atoms with Crippen molar-refractivity contribution < 1.29 is 33.3 Å². The van der Waals surface area contributed by atoms with Crippen molar-refractivity contribution in [2.45, 2.75) is 32.0 Å². The Morgan fingerprint density at radius 3 is 2.52 bits per heavy atom. The Hall–Kier alpha value is -4.37. The number of methoxy groups -OCH3 is 1. The van der Waals surface area contributed by atoms with Crippen LogP contribution in [0.25, 0.3) is 16.9 Å². The van der Waals surface area contributed by atoms with Gasteiger partial charge in [-0.3, -0.25) is 14.0 Å². The van der Waals surface area contributed by atoms with Gasteiger partial charge >= 0.3 is 0 Å². The van der Waals surface area contributed by atoms with Crippen LogP contribution in [0.15, 0.2) is 48.9 Å². The Labute approximate surface area is 258 Å². The number of rotatable bonds is 13. The number of halogens is 3. The number of nitrogens with zero attached hydrogens (tertiary/aromatic N) is 3. The quantitative estimate of drug-likeness (QED) is 0.129. The van der Waals surface area contributed by atoms with Crippen LogP contribution in [-0.2, 0) is 11.2 Å². The highest BCUT2D eigenvalue weighted by Crippen LogP contribution is 2.31. The number of nitrogens with one attached hydrogen (secondary N) is 3. The van der Waals surface area contributed by atoms with Gasteiger partial charge in [-0.2, -0.15) is 4.39 Å². The highest BCUT2D eigenvalue weighted by atomic mass is 35.5. The number of carbonyl (C=O) groups is 2. The lowest BCUT2D eigenvalue weighted by molar-refractivity contribution is -0.123. The molecule has 0 aliphatic carbocycles. The minimum Gasteiger partial charge on any atom is -0.494 e. The Kier molecular flexibility index (Phi) is 11.9. The van der Waals surface area contributed by atoms with Gasteiger partial charge in [-0.05, 0) is 42.3 Å². The number of aromatic nitrogens is 3. The van der Waals surface area contributed by atoms with E-state index in [0.29, 0.717) is 40.4 Å². The van der Waals surface area contributed by atoms with E-state index in [2.05, 4.69) is 25.9 Å². The molecule has 0 saturated heterocycles. The van der Waals surface area contributed by atoms with Crippen molar-refractivity contribution in [3.8, 4) is 17.0 Å². The topological polar surface area (TPSA) is 176 Å². The molecule has 44 heavy (non-hydrogen) atoms. The number of imidazole rings is 1. The minimum absolute atomic E-state index is 0. The SMILES string of the molecule is CCc1cc(Nc2nccn3c(-c4ccc(OC)c(F)c4F)cnc23)ccc1C(=O)NCC(O)CNC(=O)CC(O)CN.Cl. The van der Waals surface area contributed by atoms with Crippen LogP contribution in [0.2, 0.25) is 0 Å². The minimum atomic E-state index is -1.10. The van der Waals surface area contributed by atoms with Gasteiger partial charge in [-0.1, -0.05) is 6.92 Å². The second-order valence-electron chi connectivity index (χ2n) is 9.67. The van der Waals surface area contributed by atoms with Crippen LogP contribution < -0.4 is 26.4 Å². The maximum Gasteiger partial charge on any atom is 0.251 e. The standard InChI is InChI=1S/C29H33F2N7O5.ClH/c1-3-16-10-17(4-5-20(16)29(42)36-14-19(40)13-34-24(41)11-18(39)12-32)37-27-28-35-15-22(38(28)9-8-33-27)21-6-7-23(43-2)26(31)25(21)30;/h4-10,15,18-19,39-40H,3,11-14,32H2,1-2H3,(H,33,37)(H,34,41)(H,36,42);1H. The average molecular weight is 634 g/mol. The van der Waals surface area contributed by atoms with E-state index >= 15 is 0 Å². The smallest absolute Gasteiger partial charge is 0.251 e. The molecule has 0 aliphatic heterocycles. The number of amides is 2. The molecule has 0 saturated carbocycles. The zero-order valence-electron chi connectivity index (χ0n) is 24.0. The fourth-order valence-corrected chi connectivity index (χ4v) is 4.40. The maximum absolute atomic E-state index is 14.8. The summed E-state index contributed by atoms with van der Waals surface area (Å²) >= 11 is 0. The molecule has 0 bridgehead atoms. The first-order chi connectivity index (χ1) is 20.7. The summed E-state index contributed by atoms with van der Waals surface area (Å²) in [4.78, 5) is 33.3. The number of hydrogen-bond acceptors (Lipinski definition) is 9. The van der Waals surface area contributed by atoms with Gasteiger partial charge in [0.15, 0.2) is 23.0 Å². The van der Waals surface area contributed by atoms with E-state index in [1.807, 2.05) is 6.92 Å². The number of hydrogen-bond donors (Lipinski definition) is 6. The third-order valence-electron chi connectivity index (χ3n) is 6.69. The molecule has 7 N–H and O–H groups in total. The first-order valence-corrected chi connectivity index (χ1v) is 13.5. The molecule has 12 nitrogen and oxygen atoms in total. The summed E-state index contributed by atoms with van der Waals surface area (Å²) in [5.41, 5.74) is 7.70. The van der Waals surface area contributed by atoms with Gasteiger partial charge in [-0.15, -0.1) is 12.4 Å². The number of carbonyl (C=O) groups excluding carboxylic acids is 2. The van der Waals surface area contributed by atoms with E-state index in [0.717, 1.165) is 0 Å². The number of aryl methyl sites for hydroxylation is 1. The van der Waals surface area contributed by atoms with E-state index in [1.165, 1.54) is 31.6 Å². The van der Waals surface area contributed by atoms with Gasteiger partial charge < -0.3 is 36.6 Å². The summed E-state index contributed by atoms with van der Waals surface area (Å²) in [6, 6.07) is 7.84. The number of ether oxygens (including phenoxy) is 1. The first-order valence-electron chi connectivity index (χ1n) is 13.5. The second kappa shape index (κ2) is 15.4. The van der Waals surface area contributed by atoms with E-state index in [9.17, 15) is 28.6 Å². The van der Waals surface area contributed by atoms with E-state index < -0.39 is 35.7 Å². The second-order valence-corrected chi connectivity index (χ2v) is 9.67. The molecule has 2 aromatic heterocycles. The molecule has 0 fully saturated rings. The molecule has 2 unspecified atom stereocenters. The Morgan fingerprint density at radius 2 is 1.82 bits per heavy atom. The molecule has 0 aliphatic rings. The molecular weight excluding hydrogens is 600 g/mol. The molecule has 2 amide bonds. The van der Waals surface area contributed by atoms with Crippen molar-refractivity contribution >= 4 is 41.4 Å².